The molecule has 1 N–H and O–H groups in total. The van der Waals surface area contributed by atoms with E-state index in [1.54, 1.807) is 11.9 Å². The van der Waals surface area contributed by atoms with Crippen molar-refractivity contribution >= 4 is 11.9 Å². The molecule has 0 saturated carbocycles. The molecule has 1 heterocycles. The molecule has 0 atom stereocenters. The molecule has 1 aliphatic heterocycles. The minimum atomic E-state index is 1.22. The molecule has 0 aromatic heterocycles. The first-order valence-electron chi connectivity index (χ1n) is 3.44. The molecule has 0 aromatic carbocycles. The fourth-order valence-corrected chi connectivity index (χ4v) is 1.44. The van der Waals surface area contributed by atoms with Crippen LogP contribution in [0.1, 0.15) is 6.42 Å². The SMILES string of the molecule is CNSCCN1CCC1. The average Bonchev–Trinajstić information content (AvgIpc) is 1.76. The molecule has 0 aliphatic carbocycles. The lowest BCUT2D eigenvalue weighted by molar-refractivity contribution is 0.194. The molecule has 9 heavy (non-hydrogen) atoms. The fraction of sp³-hybridized carbons (Fsp3) is 1.00. The molecule has 1 saturated heterocycles. The smallest absolute Gasteiger partial charge is 0.0206 e. The zero-order valence-electron chi connectivity index (χ0n) is 5.89. The van der Waals surface area contributed by atoms with Gasteiger partial charge < -0.3 is 4.90 Å². The fourth-order valence-electron chi connectivity index (χ4n) is 0.882. The van der Waals surface area contributed by atoms with Gasteiger partial charge in [0.05, 0.1) is 0 Å². The minimum absolute atomic E-state index is 1.22. The molecule has 1 rings (SSSR count). The molecule has 3 heteroatoms. The third-order valence-corrected chi connectivity index (χ3v) is 2.28. The largest absolute Gasteiger partial charge is 0.302 e. The van der Waals surface area contributed by atoms with E-state index >= 15 is 0 Å². The maximum Gasteiger partial charge on any atom is 0.0206 e. The van der Waals surface area contributed by atoms with Crippen molar-refractivity contribution in [3.05, 3.63) is 0 Å². The van der Waals surface area contributed by atoms with Crippen molar-refractivity contribution in [1.29, 1.82) is 0 Å². The van der Waals surface area contributed by atoms with Crippen LogP contribution in [0.2, 0.25) is 0 Å². The van der Waals surface area contributed by atoms with Crippen molar-refractivity contribution in [1.82, 2.24) is 9.62 Å². The summed E-state index contributed by atoms with van der Waals surface area (Å²) < 4.78 is 3.06. The standard InChI is InChI=1S/C6H14N2S/c1-7-9-6-5-8-3-2-4-8/h7H,2-6H2,1H3. The van der Waals surface area contributed by atoms with Crippen molar-refractivity contribution in [2.24, 2.45) is 0 Å². The molecule has 1 fully saturated rings. The van der Waals surface area contributed by atoms with Gasteiger partial charge in [0.2, 0.25) is 0 Å². The van der Waals surface area contributed by atoms with E-state index in [-0.39, 0.29) is 0 Å². The van der Waals surface area contributed by atoms with Crippen LogP contribution in [-0.4, -0.2) is 37.3 Å². The highest BCUT2D eigenvalue weighted by molar-refractivity contribution is 7.97. The van der Waals surface area contributed by atoms with Gasteiger partial charge in [-0.1, -0.05) is 11.9 Å². The quantitative estimate of drug-likeness (QED) is 0.461. The molecule has 0 aromatic rings. The van der Waals surface area contributed by atoms with Gasteiger partial charge in [-0.2, -0.15) is 0 Å². The highest BCUT2D eigenvalue weighted by atomic mass is 32.2. The van der Waals surface area contributed by atoms with Crippen molar-refractivity contribution in [2.45, 2.75) is 6.42 Å². The lowest BCUT2D eigenvalue weighted by Crippen LogP contribution is -2.38. The molecular weight excluding hydrogens is 132 g/mol. The summed E-state index contributed by atoms with van der Waals surface area (Å²) in [6.45, 7) is 3.90. The Bertz CT molecular complexity index is 73.5. The Morgan fingerprint density at radius 1 is 1.56 bits per heavy atom. The van der Waals surface area contributed by atoms with E-state index in [0.717, 1.165) is 0 Å². The zero-order valence-corrected chi connectivity index (χ0v) is 6.71. The van der Waals surface area contributed by atoms with E-state index in [9.17, 15) is 0 Å². The Kier molecular flexibility index (Phi) is 3.40. The lowest BCUT2D eigenvalue weighted by Gasteiger charge is -2.30. The van der Waals surface area contributed by atoms with Crippen LogP contribution < -0.4 is 4.72 Å². The van der Waals surface area contributed by atoms with Crippen LogP contribution in [0.15, 0.2) is 0 Å². The van der Waals surface area contributed by atoms with E-state index < -0.39 is 0 Å². The summed E-state index contributed by atoms with van der Waals surface area (Å²) in [4.78, 5) is 2.48. The molecule has 0 amide bonds. The number of hydrogen-bond acceptors (Lipinski definition) is 3. The number of likely N-dealkylation sites (tertiary alicyclic amines) is 1. The molecule has 1 aliphatic rings. The topological polar surface area (TPSA) is 15.3 Å². The molecule has 0 unspecified atom stereocenters. The number of hydrogen-bond donors (Lipinski definition) is 1. The van der Waals surface area contributed by atoms with Gasteiger partial charge in [-0.25, -0.2) is 0 Å². The van der Waals surface area contributed by atoms with Crippen LogP contribution in [0.5, 0.6) is 0 Å². The van der Waals surface area contributed by atoms with Crippen LogP contribution in [0, 0.1) is 0 Å². The van der Waals surface area contributed by atoms with Crippen molar-refractivity contribution < 1.29 is 0 Å². The highest BCUT2D eigenvalue weighted by Crippen LogP contribution is 2.05. The predicted molar refractivity (Wildman–Crippen MR) is 42.6 cm³/mol. The van der Waals surface area contributed by atoms with Gasteiger partial charge in [0.25, 0.3) is 0 Å². The molecule has 0 bridgehead atoms. The first kappa shape index (κ1) is 7.38. The summed E-state index contributed by atoms with van der Waals surface area (Å²) in [6.07, 6.45) is 1.41. The molecule has 54 valence electrons. The summed E-state index contributed by atoms with van der Waals surface area (Å²) in [5.41, 5.74) is 0. The summed E-state index contributed by atoms with van der Waals surface area (Å²) in [6, 6.07) is 0. The second kappa shape index (κ2) is 4.14. The first-order chi connectivity index (χ1) is 4.43. The highest BCUT2D eigenvalue weighted by Gasteiger charge is 2.11. The number of nitrogens with one attached hydrogen (secondary N) is 1. The monoisotopic (exact) mass is 146 g/mol. The van der Waals surface area contributed by atoms with Gasteiger partial charge in [-0.3, -0.25) is 4.72 Å². The number of rotatable bonds is 4. The van der Waals surface area contributed by atoms with Gasteiger partial charge in [0.1, 0.15) is 0 Å². The van der Waals surface area contributed by atoms with E-state index in [4.69, 9.17) is 0 Å². The van der Waals surface area contributed by atoms with Crippen LogP contribution in [0.3, 0.4) is 0 Å². The van der Waals surface area contributed by atoms with Crippen LogP contribution >= 0.6 is 11.9 Å². The first-order valence-corrected chi connectivity index (χ1v) is 4.43. The molecular formula is C6H14N2S. The third kappa shape index (κ3) is 2.56. The zero-order chi connectivity index (χ0) is 6.53. The van der Waals surface area contributed by atoms with Gasteiger partial charge in [0.15, 0.2) is 0 Å². The van der Waals surface area contributed by atoms with E-state index in [1.165, 1.54) is 31.8 Å². The van der Waals surface area contributed by atoms with Crippen LogP contribution in [0.25, 0.3) is 0 Å². The normalized spacial score (nSPS) is 19.7. The Balaban J connectivity index is 1.80. The molecule has 0 radical (unpaired) electrons. The van der Waals surface area contributed by atoms with Gasteiger partial charge in [0, 0.05) is 12.3 Å². The molecule has 2 nitrogen and oxygen atoms in total. The van der Waals surface area contributed by atoms with Gasteiger partial charge >= 0.3 is 0 Å². The van der Waals surface area contributed by atoms with Gasteiger partial charge in [-0.15, -0.1) is 0 Å². The van der Waals surface area contributed by atoms with E-state index in [0.29, 0.717) is 0 Å². The third-order valence-electron chi connectivity index (χ3n) is 1.60. The van der Waals surface area contributed by atoms with Crippen LogP contribution in [0.4, 0.5) is 0 Å². The predicted octanol–water partition coefficient (Wildman–Crippen LogP) is 0.560. The summed E-state index contributed by atoms with van der Waals surface area (Å²) in [5.74, 6) is 1.22. The van der Waals surface area contributed by atoms with Crippen molar-refractivity contribution in [3.63, 3.8) is 0 Å². The molecule has 0 spiro atoms. The van der Waals surface area contributed by atoms with Crippen molar-refractivity contribution in [3.8, 4) is 0 Å². The lowest BCUT2D eigenvalue weighted by atomic mass is 10.2. The summed E-state index contributed by atoms with van der Waals surface area (Å²) >= 11 is 1.79. The number of nitrogens with zero attached hydrogens (tertiary/aromatic N) is 1. The summed E-state index contributed by atoms with van der Waals surface area (Å²) in [7, 11) is 1.97. The average molecular weight is 146 g/mol. The Morgan fingerprint density at radius 2 is 2.33 bits per heavy atom. The Labute approximate surface area is 61.1 Å². The maximum absolute atomic E-state index is 3.06. The van der Waals surface area contributed by atoms with Crippen molar-refractivity contribution in [2.75, 3.05) is 32.4 Å². The second-order valence-electron chi connectivity index (χ2n) is 2.25. The Hall–Kier alpha value is 0.270. The van der Waals surface area contributed by atoms with E-state index in [1.807, 2.05) is 7.05 Å². The summed E-state index contributed by atoms with van der Waals surface area (Å²) in [5, 5.41) is 0. The maximum atomic E-state index is 3.06. The van der Waals surface area contributed by atoms with E-state index in [2.05, 4.69) is 9.62 Å². The second-order valence-corrected chi connectivity index (χ2v) is 3.35. The Morgan fingerprint density at radius 3 is 2.78 bits per heavy atom. The van der Waals surface area contributed by atoms with Crippen LogP contribution in [-0.2, 0) is 0 Å². The minimum Gasteiger partial charge on any atom is -0.302 e. The van der Waals surface area contributed by atoms with Gasteiger partial charge in [-0.05, 0) is 26.6 Å².